The van der Waals surface area contributed by atoms with E-state index in [1.165, 1.54) is 13.3 Å². The molecule has 0 spiro atoms. The third-order valence-electron chi connectivity index (χ3n) is 4.65. The summed E-state index contributed by atoms with van der Waals surface area (Å²) >= 11 is 0. The summed E-state index contributed by atoms with van der Waals surface area (Å²) in [5, 5.41) is 0. The molecule has 0 atom stereocenters. The van der Waals surface area contributed by atoms with E-state index in [2.05, 4.69) is 4.98 Å². The first-order valence-corrected chi connectivity index (χ1v) is 8.50. The van der Waals surface area contributed by atoms with E-state index >= 15 is 0 Å². The number of nitrogens with zero attached hydrogens (tertiary/aromatic N) is 4. The van der Waals surface area contributed by atoms with Crippen molar-refractivity contribution in [2.45, 2.75) is 39.3 Å². The molecule has 2 aromatic rings. The van der Waals surface area contributed by atoms with Crippen LogP contribution in [0.15, 0.2) is 24.3 Å². The minimum absolute atomic E-state index is 0.0176. The Morgan fingerprint density at radius 1 is 1.17 bits per heavy atom. The van der Waals surface area contributed by atoms with Gasteiger partial charge >= 0.3 is 0 Å². The summed E-state index contributed by atoms with van der Waals surface area (Å²) in [5.74, 6) is 0.861. The van der Waals surface area contributed by atoms with Gasteiger partial charge in [0.05, 0.1) is 17.6 Å². The lowest BCUT2D eigenvalue weighted by atomic mass is 10.1. The van der Waals surface area contributed by atoms with Crippen LogP contribution in [0.4, 0.5) is 0 Å². The second-order valence-corrected chi connectivity index (χ2v) is 6.42. The fourth-order valence-corrected chi connectivity index (χ4v) is 3.12. The molecule has 2 heterocycles. The number of amides is 2. The summed E-state index contributed by atoms with van der Waals surface area (Å²) in [6.45, 7) is 3.90. The molecule has 0 radical (unpaired) electrons. The first-order chi connectivity index (χ1) is 11.6. The topological polar surface area (TPSA) is 58.4 Å². The highest BCUT2D eigenvalue weighted by Crippen LogP contribution is 2.18. The Morgan fingerprint density at radius 2 is 1.88 bits per heavy atom. The Bertz CT molecular complexity index is 747. The van der Waals surface area contributed by atoms with Gasteiger partial charge in [-0.15, -0.1) is 0 Å². The van der Waals surface area contributed by atoms with Crippen LogP contribution in [0.3, 0.4) is 0 Å². The standard InChI is InChI=1S/C18H24N4O2/c1-14(23)20(2)12-17-19-15-8-4-5-9-16(15)22(17)13-18(24)21-10-6-3-7-11-21/h4-5,8-9H,3,6-7,10-13H2,1-2H3. The Kier molecular flexibility index (Phi) is 4.83. The Balaban J connectivity index is 1.89. The first-order valence-electron chi connectivity index (χ1n) is 8.50. The molecule has 0 N–H and O–H groups in total. The van der Waals surface area contributed by atoms with E-state index in [0.717, 1.165) is 42.8 Å². The summed E-state index contributed by atoms with van der Waals surface area (Å²) in [5.41, 5.74) is 1.80. The molecule has 0 saturated carbocycles. The molecule has 24 heavy (non-hydrogen) atoms. The number of hydrogen-bond donors (Lipinski definition) is 0. The maximum absolute atomic E-state index is 12.7. The predicted molar refractivity (Wildman–Crippen MR) is 92.3 cm³/mol. The number of carbonyl (C=O) groups is 2. The highest BCUT2D eigenvalue weighted by Gasteiger charge is 2.20. The molecule has 1 aromatic heterocycles. The van der Waals surface area contributed by atoms with Crippen LogP contribution in [-0.4, -0.2) is 51.3 Å². The van der Waals surface area contributed by atoms with Gasteiger partial charge in [-0.2, -0.15) is 0 Å². The lowest BCUT2D eigenvalue weighted by molar-refractivity contribution is -0.132. The molecule has 6 nitrogen and oxygen atoms in total. The van der Waals surface area contributed by atoms with E-state index in [0.29, 0.717) is 6.54 Å². The van der Waals surface area contributed by atoms with Gasteiger partial charge in [-0.05, 0) is 31.4 Å². The third-order valence-corrected chi connectivity index (χ3v) is 4.65. The number of rotatable bonds is 4. The molecule has 2 amide bonds. The zero-order chi connectivity index (χ0) is 17.1. The maximum atomic E-state index is 12.7. The predicted octanol–water partition coefficient (Wildman–Crippen LogP) is 2.03. The van der Waals surface area contributed by atoms with Gasteiger partial charge in [0.2, 0.25) is 11.8 Å². The molecule has 1 aliphatic rings. The Hall–Kier alpha value is -2.37. The Morgan fingerprint density at radius 3 is 2.58 bits per heavy atom. The van der Waals surface area contributed by atoms with Gasteiger partial charge in [0.15, 0.2) is 0 Å². The summed E-state index contributed by atoms with van der Waals surface area (Å²) < 4.78 is 1.95. The molecule has 1 aromatic carbocycles. The number of imidazole rings is 1. The minimum atomic E-state index is -0.0176. The molecule has 0 aliphatic carbocycles. The van der Waals surface area contributed by atoms with Crippen molar-refractivity contribution in [2.75, 3.05) is 20.1 Å². The molecule has 6 heteroatoms. The van der Waals surface area contributed by atoms with Gasteiger partial charge < -0.3 is 14.4 Å². The van der Waals surface area contributed by atoms with E-state index in [1.807, 2.05) is 33.7 Å². The number of aromatic nitrogens is 2. The van der Waals surface area contributed by atoms with E-state index in [1.54, 1.807) is 11.9 Å². The average Bonchev–Trinajstić information content (AvgIpc) is 2.93. The summed E-state index contributed by atoms with van der Waals surface area (Å²) in [4.78, 5) is 32.4. The summed E-state index contributed by atoms with van der Waals surface area (Å²) in [7, 11) is 1.75. The molecule has 128 valence electrons. The lowest BCUT2D eigenvalue weighted by Gasteiger charge is -2.27. The van der Waals surface area contributed by atoms with Crippen LogP contribution < -0.4 is 0 Å². The molecular weight excluding hydrogens is 304 g/mol. The number of para-hydroxylation sites is 2. The van der Waals surface area contributed by atoms with Gasteiger partial charge in [-0.3, -0.25) is 9.59 Å². The molecule has 0 unspecified atom stereocenters. The summed E-state index contributed by atoms with van der Waals surface area (Å²) in [6.07, 6.45) is 3.36. The summed E-state index contributed by atoms with van der Waals surface area (Å²) in [6, 6.07) is 7.80. The van der Waals surface area contributed by atoms with Crippen molar-refractivity contribution in [3.8, 4) is 0 Å². The van der Waals surface area contributed by atoms with Crippen LogP contribution in [0.25, 0.3) is 11.0 Å². The number of carbonyl (C=O) groups excluding carboxylic acids is 2. The monoisotopic (exact) mass is 328 g/mol. The first kappa shape index (κ1) is 16.5. The quantitative estimate of drug-likeness (QED) is 0.863. The van der Waals surface area contributed by atoms with Gasteiger partial charge in [0.1, 0.15) is 12.4 Å². The highest BCUT2D eigenvalue weighted by molar-refractivity contribution is 5.81. The van der Waals surface area contributed by atoms with Crippen molar-refractivity contribution in [1.29, 1.82) is 0 Å². The van der Waals surface area contributed by atoms with Crippen LogP contribution in [0.5, 0.6) is 0 Å². The largest absolute Gasteiger partial charge is 0.341 e. The second-order valence-electron chi connectivity index (χ2n) is 6.42. The molecule has 1 aliphatic heterocycles. The molecule has 1 saturated heterocycles. The van der Waals surface area contributed by atoms with Crippen molar-refractivity contribution in [3.63, 3.8) is 0 Å². The van der Waals surface area contributed by atoms with Crippen molar-refractivity contribution in [1.82, 2.24) is 19.4 Å². The van der Waals surface area contributed by atoms with E-state index in [-0.39, 0.29) is 18.4 Å². The van der Waals surface area contributed by atoms with Gasteiger partial charge in [-0.1, -0.05) is 12.1 Å². The SMILES string of the molecule is CC(=O)N(C)Cc1nc2ccccc2n1CC(=O)N1CCCCC1. The van der Waals surface area contributed by atoms with Crippen LogP contribution in [0, 0.1) is 0 Å². The molecule has 3 rings (SSSR count). The van der Waals surface area contributed by atoms with Gasteiger partial charge in [-0.25, -0.2) is 4.98 Å². The van der Waals surface area contributed by atoms with E-state index in [9.17, 15) is 9.59 Å². The van der Waals surface area contributed by atoms with Crippen molar-refractivity contribution < 1.29 is 9.59 Å². The number of fused-ring (bicyclic) bond motifs is 1. The van der Waals surface area contributed by atoms with Crippen molar-refractivity contribution in [3.05, 3.63) is 30.1 Å². The number of likely N-dealkylation sites (tertiary alicyclic amines) is 1. The highest BCUT2D eigenvalue weighted by atomic mass is 16.2. The van der Waals surface area contributed by atoms with Gasteiger partial charge in [0, 0.05) is 27.1 Å². The Labute approximate surface area is 142 Å². The van der Waals surface area contributed by atoms with Crippen molar-refractivity contribution >= 4 is 22.8 Å². The number of hydrogen-bond acceptors (Lipinski definition) is 3. The van der Waals surface area contributed by atoms with E-state index < -0.39 is 0 Å². The molecule has 0 bridgehead atoms. The number of piperidine rings is 1. The third kappa shape index (κ3) is 3.42. The average molecular weight is 328 g/mol. The molecular formula is C18H24N4O2. The fourth-order valence-electron chi connectivity index (χ4n) is 3.12. The molecule has 1 fully saturated rings. The normalized spacial score (nSPS) is 14.8. The van der Waals surface area contributed by atoms with Crippen LogP contribution >= 0.6 is 0 Å². The van der Waals surface area contributed by atoms with Crippen LogP contribution in [-0.2, 0) is 22.7 Å². The maximum Gasteiger partial charge on any atom is 0.242 e. The zero-order valence-electron chi connectivity index (χ0n) is 14.4. The van der Waals surface area contributed by atoms with Crippen LogP contribution in [0.1, 0.15) is 32.0 Å². The minimum Gasteiger partial charge on any atom is -0.341 e. The fraction of sp³-hybridized carbons (Fsp3) is 0.500. The van der Waals surface area contributed by atoms with Crippen LogP contribution in [0.2, 0.25) is 0 Å². The van der Waals surface area contributed by atoms with Gasteiger partial charge in [0.25, 0.3) is 0 Å². The smallest absolute Gasteiger partial charge is 0.242 e. The number of benzene rings is 1. The zero-order valence-corrected chi connectivity index (χ0v) is 14.4. The van der Waals surface area contributed by atoms with E-state index in [4.69, 9.17) is 0 Å². The lowest BCUT2D eigenvalue weighted by Crippen LogP contribution is -2.38. The van der Waals surface area contributed by atoms with Crippen molar-refractivity contribution in [2.24, 2.45) is 0 Å². The second kappa shape index (κ2) is 7.03.